The Labute approximate surface area is 96.6 Å². The molecule has 16 heavy (non-hydrogen) atoms. The topological polar surface area (TPSA) is 98.9 Å². The number of H-pyrrole nitrogens is 1. The van der Waals surface area contributed by atoms with Crippen molar-refractivity contribution in [1.82, 2.24) is 20.7 Å². The van der Waals surface area contributed by atoms with Crippen molar-refractivity contribution in [2.24, 2.45) is 0 Å². The van der Waals surface area contributed by atoms with E-state index in [1.807, 2.05) is 0 Å². The fourth-order valence-electron chi connectivity index (χ4n) is 0.959. The summed E-state index contributed by atoms with van der Waals surface area (Å²) in [6.45, 7) is 2.03. The highest BCUT2D eigenvalue weighted by Crippen LogP contribution is 1.92. The third-order valence-corrected chi connectivity index (χ3v) is 1.73. The molecule has 0 aromatic carbocycles. The lowest BCUT2D eigenvalue weighted by atomic mass is 10.5. The zero-order chi connectivity index (χ0) is 12.0. The molecule has 0 radical (unpaired) electrons. The number of hydrogen-bond donors (Lipinski definition) is 4. The second kappa shape index (κ2) is 5.96. The summed E-state index contributed by atoms with van der Waals surface area (Å²) < 4.78 is 0. The van der Waals surface area contributed by atoms with Crippen molar-refractivity contribution in [3.8, 4) is 0 Å². The van der Waals surface area contributed by atoms with Gasteiger partial charge in [-0.1, -0.05) is 0 Å². The largest absolute Gasteiger partial charge is 0.336 e. The Balaban J connectivity index is 2.48. The number of halogens is 1. The van der Waals surface area contributed by atoms with Crippen molar-refractivity contribution < 1.29 is 4.79 Å². The average molecular weight is 246 g/mol. The SMILES string of the molecule is Cc1cc(=O)[nH]c(NNC(=O)NCCCl)n1. The standard InChI is InChI=1S/C8H12ClN5O2/c1-5-4-6(15)12-7(11-5)13-14-8(16)10-3-2-9/h4H,2-3H2,1H3,(H2,10,14,16)(H2,11,12,13,15). The number of amides is 2. The number of alkyl halides is 1. The molecule has 8 heteroatoms. The number of hydrazine groups is 1. The lowest BCUT2D eigenvalue weighted by molar-refractivity contribution is 0.243. The summed E-state index contributed by atoms with van der Waals surface area (Å²) in [5, 5.41) is 2.47. The number of nitrogens with zero attached hydrogens (tertiary/aromatic N) is 1. The first-order valence-electron chi connectivity index (χ1n) is 4.55. The molecule has 88 valence electrons. The van der Waals surface area contributed by atoms with Crippen LogP contribution in [0.25, 0.3) is 0 Å². The molecule has 0 aliphatic carbocycles. The summed E-state index contributed by atoms with van der Waals surface area (Å²) in [4.78, 5) is 28.5. The molecular weight excluding hydrogens is 234 g/mol. The molecule has 0 saturated carbocycles. The van der Waals surface area contributed by atoms with Gasteiger partial charge in [-0.2, -0.15) is 0 Å². The van der Waals surface area contributed by atoms with Crippen LogP contribution in [0.5, 0.6) is 0 Å². The summed E-state index contributed by atoms with van der Waals surface area (Å²) in [7, 11) is 0. The summed E-state index contributed by atoms with van der Waals surface area (Å²) in [6, 6.07) is 0.892. The van der Waals surface area contributed by atoms with Gasteiger partial charge < -0.3 is 5.32 Å². The molecule has 0 fully saturated rings. The van der Waals surface area contributed by atoms with Crippen LogP contribution in [0.15, 0.2) is 10.9 Å². The molecule has 0 atom stereocenters. The Hall–Kier alpha value is -1.76. The van der Waals surface area contributed by atoms with Gasteiger partial charge >= 0.3 is 6.03 Å². The van der Waals surface area contributed by atoms with Gasteiger partial charge in [0.05, 0.1) is 0 Å². The third-order valence-electron chi connectivity index (χ3n) is 1.54. The fourth-order valence-corrected chi connectivity index (χ4v) is 1.05. The van der Waals surface area contributed by atoms with Gasteiger partial charge in [0.25, 0.3) is 5.56 Å². The van der Waals surface area contributed by atoms with Crippen molar-refractivity contribution in [3.05, 3.63) is 22.1 Å². The van der Waals surface area contributed by atoms with Gasteiger partial charge in [-0.3, -0.25) is 15.2 Å². The quantitative estimate of drug-likeness (QED) is 0.441. The number of aromatic nitrogens is 2. The second-order valence-electron chi connectivity index (χ2n) is 2.93. The van der Waals surface area contributed by atoms with E-state index in [0.29, 0.717) is 18.1 Å². The molecule has 4 N–H and O–H groups in total. The van der Waals surface area contributed by atoms with E-state index >= 15 is 0 Å². The van der Waals surface area contributed by atoms with Crippen molar-refractivity contribution >= 4 is 23.6 Å². The van der Waals surface area contributed by atoms with Gasteiger partial charge in [-0.05, 0) is 6.92 Å². The maximum Gasteiger partial charge on any atom is 0.333 e. The predicted molar refractivity (Wildman–Crippen MR) is 60.5 cm³/mol. The van der Waals surface area contributed by atoms with Crippen molar-refractivity contribution in [2.75, 3.05) is 17.9 Å². The van der Waals surface area contributed by atoms with Gasteiger partial charge in [0.15, 0.2) is 0 Å². The van der Waals surface area contributed by atoms with Crippen molar-refractivity contribution in [3.63, 3.8) is 0 Å². The number of aromatic amines is 1. The van der Waals surface area contributed by atoms with Gasteiger partial charge in [0.2, 0.25) is 5.95 Å². The monoisotopic (exact) mass is 245 g/mol. The Morgan fingerprint density at radius 3 is 3.00 bits per heavy atom. The van der Waals surface area contributed by atoms with Crippen LogP contribution < -0.4 is 21.7 Å². The number of carbonyl (C=O) groups excluding carboxylic acids is 1. The molecule has 1 heterocycles. The zero-order valence-electron chi connectivity index (χ0n) is 8.63. The van der Waals surface area contributed by atoms with E-state index in [1.54, 1.807) is 6.92 Å². The van der Waals surface area contributed by atoms with Crippen LogP contribution in [-0.4, -0.2) is 28.4 Å². The summed E-state index contributed by atoms with van der Waals surface area (Å²) in [5.74, 6) is 0.499. The van der Waals surface area contributed by atoms with Gasteiger partial charge in [0.1, 0.15) is 0 Å². The first-order chi connectivity index (χ1) is 7.61. The number of rotatable bonds is 4. The summed E-state index contributed by atoms with van der Waals surface area (Å²) >= 11 is 5.38. The number of hydrogen-bond acceptors (Lipinski definition) is 4. The Bertz CT molecular complexity index is 419. The highest BCUT2D eigenvalue weighted by atomic mass is 35.5. The highest BCUT2D eigenvalue weighted by molar-refractivity contribution is 6.18. The molecule has 1 aromatic heterocycles. The van der Waals surface area contributed by atoms with Gasteiger partial charge in [-0.25, -0.2) is 15.2 Å². The molecule has 0 bridgehead atoms. The van der Waals surface area contributed by atoms with E-state index in [0.717, 1.165) is 0 Å². The average Bonchev–Trinajstić information content (AvgIpc) is 2.22. The number of urea groups is 1. The van der Waals surface area contributed by atoms with Crippen LogP contribution in [-0.2, 0) is 0 Å². The van der Waals surface area contributed by atoms with Crippen LogP contribution in [0.4, 0.5) is 10.7 Å². The minimum Gasteiger partial charge on any atom is -0.336 e. The molecule has 0 spiro atoms. The highest BCUT2D eigenvalue weighted by Gasteiger charge is 2.00. The summed E-state index contributed by atoms with van der Waals surface area (Å²) in [6.07, 6.45) is 0. The van der Waals surface area contributed by atoms with E-state index in [2.05, 4.69) is 26.1 Å². The van der Waals surface area contributed by atoms with Crippen LogP contribution in [0, 0.1) is 6.92 Å². The number of nitrogens with one attached hydrogen (secondary N) is 4. The Kier molecular flexibility index (Phi) is 4.59. The molecule has 0 saturated heterocycles. The normalized spacial score (nSPS) is 9.62. The first-order valence-corrected chi connectivity index (χ1v) is 5.09. The number of aryl methyl sites for hydroxylation is 1. The molecule has 2 amide bonds. The van der Waals surface area contributed by atoms with Crippen LogP contribution in [0.3, 0.4) is 0 Å². The lowest BCUT2D eigenvalue weighted by Crippen LogP contribution is -2.40. The fraction of sp³-hybridized carbons (Fsp3) is 0.375. The molecule has 1 rings (SSSR count). The number of anilines is 1. The molecule has 0 unspecified atom stereocenters. The van der Waals surface area contributed by atoms with Gasteiger partial charge in [-0.15, -0.1) is 11.6 Å². The maximum absolute atomic E-state index is 11.1. The van der Waals surface area contributed by atoms with E-state index in [-0.39, 0.29) is 11.5 Å². The minimum atomic E-state index is -0.454. The first kappa shape index (κ1) is 12.3. The lowest BCUT2D eigenvalue weighted by Gasteiger charge is -2.08. The van der Waals surface area contributed by atoms with E-state index in [1.165, 1.54) is 6.07 Å². The second-order valence-corrected chi connectivity index (χ2v) is 3.31. The molecule has 1 aromatic rings. The molecule has 0 aliphatic rings. The van der Waals surface area contributed by atoms with Crippen LogP contribution in [0.2, 0.25) is 0 Å². The Morgan fingerprint density at radius 1 is 1.62 bits per heavy atom. The van der Waals surface area contributed by atoms with Crippen LogP contribution in [0.1, 0.15) is 5.69 Å². The molecule has 0 aliphatic heterocycles. The molecule has 7 nitrogen and oxygen atoms in total. The third kappa shape index (κ3) is 4.18. The van der Waals surface area contributed by atoms with E-state index in [4.69, 9.17) is 11.6 Å². The van der Waals surface area contributed by atoms with Crippen molar-refractivity contribution in [2.45, 2.75) is 6.92 Å². The zero-order valence-corrected chi connectivity index (χ0v) is 9.39. The summed E-state index contributed by atoms with van der Waals surface area (Å²) in [5.41, 5.74) is 5.02. The van der Waals surface area contributed by atoms with Crippen LogP contribution >= 0.6 is 11.6 Å². The Morgan fingerprint density at radius 2 is 2.38 bits per heavy atom. The predicted octanol–water partition coefficient (Wildman–Crippen LogP) is -0.0568. The molecular formula is C8H12ClN5O2. The smallest absolute Gasteiger partial charge is 0.333 e. The van der Waals surface area contributed by atoms with E-state index in [9.17, 15) is 9.59 Å². The van der Waals surface area contributed by atoms with Gasteiger partial charge in [0, 0.05) is 24.2 Å². The number of carbonyl (C=O) groups is 1. The maximum atomic E-state index is 11.1. The van der Waals surface area contributed by atoms with E-state index < -0.39 is 6.03 Å². The minimum absolute atomic E-state index is 0.172. The van der Waals surface area contributed by atoms with Crippen molar-refractivity contribution in [1.29, 1.82) is 0 Å².